The normalized spacial score (nSPS) is 18.3. The second-order valence-electron chi connectivity index (χ2n) is 6.58. The molecule has 0 aromatic carbocycles. The van der Waals surface area contributed by atoms with E-state index < -0.39 is 0 Å². The summed E-state index contributed by atoms with van der Waals surface area (Å²) >= 11 is 0. The average molecular weight is 289 g/mol. The first-order valence-corrected chi connectivity index (χ1v) is 8.17. The summed E-state index contributed by atoms with van der Waals surface area (Å²) in [5, 5.41) is 3.57. The SMILES string of the molecule is Cc1cc(C)c(CNC2CC2)c(OCCN(C)C2CC2)n1. The summed E-state index contributed by atoms with van der Waals surface area (Å²) in [6.07, 6.45) is 5.30. The van der Waals surface area contributed by atoms with Gasteiger partial charge in [0.1, 0.15) is 6.61 Å². The fraction of sp³-hybridized carbons (Fsp3) is 0.706. The number of hydrogen-bond donors (Lipinski definition) is 1. The van der Waals surface area contributed by atoms with E-state index in [4.69, 9.17) is 4.74 Å². The van der Waals surface area contributed by atoms with Crippen molar-refractivity contribution >= 4 is 0 Å². The molecule has 0 amide bonds. The van der Waals surface area contributed by atoms with Crippen molar-refractivity contribution in [2.24, 2.45) is 0 Å². The van der Waals surface area contributed by atoms with Crippen molar-refractivity contribution in [1.29, 1.82) is 0 Å². The lowest BCUT2D eigenvalue weighted by atomic mass is 10.1. The molecule has 0 unspecified atom stereocenters. The van der Waals surface area contributed by atoms with Gasteiger partial charge in [-0.1, -0.05) is 0 Å². The van der Waals surface area contributed by atoms with Crippen LogP contribution in [0.15, 0.2) is 6.07 Å². The zero-order chi connectivity index (χ0) is 14.8. The van der Waals surface area contributed by atoms with Gasteiger partial charge >= 0.3 is 0 Å². The molecule has 4 nitrogen and oxygen atoms in total. The largest absolute Gasteiger partial charge is 0.476 e. The summed E-state index contributed by atoms with van der Waals surface area (Å²) in [5.41, 5.74) is 3.54. The van der Waals surface area contributed by atoms with Gasteiger partial charge in [0.25, 0.3) is 0 Å². The van der Waals surface area contributed by atoms with E-state index in [1.54, 1.807) is 0 Å². The monoisotopic (exact) mass is 289 g/mol. The zero-order valence-corrected chi connectivity index (χ0v) is 13.5. The molecule has 1 aromatic rings. The van der Waals surface area contributed by atoms with Crippen LogP contribution in [0.1, 0.15) is 42.5 Å². The molecule has 0 saturated heterocycles. The Bertz CT molecular complexity index is 495. The topological polar surface area (TPSA) is 37.4 Å². The third kappa shape index (κ3) is 4.17. The lowest BCUT2D eigenvalue weighted by molar-refractivity contribution is 0.224. The van der Waals surface area contributed by atoms with Crippen molar-refractivity contribution in [2.75, 3.05) is 20.2 Å². The molecule has 116 valence electrons. The van der Waals surface area contributed by atoms with Gasteiger partial charge in [0.05, 0.1) is 0 Å². The smallest absolute Gasteiger partial charge is 0.218 e. The van der Waals surface area contributed by atoms with E-state index in [0.717, 1.165) is 37.3 Å². The fourth-order valence-corrected chi connectivity index (χ4v) is 2.68. The highest BCUT2D eigenvalue weighted by Crippen LogP contribution is 2.26. The van der Waals surface area contributed by atoms with E-state index in [-0.39, 0.29) is 0 Å². The molecule has 0 spiro atoms. The van der Waals surface area contributed by atoms with E-state index in [9.17, 15) is 0 Å². The molecular weight excluding hydrogens is 262 g/mol. The number of nitrogens with zero attached hydrogens (tertiary/aromatic N) is 2. The van der Waals surface area contributed by atoms with Crippen LogP contribution in [0, 0.1) is 13.8 Å². The minimum atomic E-state index is 0.708. The molecule has 1 heterocycles. The lowest BCUT2D eigenvalue weighted by Crippen LogP contribution is -2.27. The Hall–Kier alpha value is -1.13. The second-order valence-corrected chi connectivity index (χ2v) is 6.58. The second kappa shape index (κ2) is 6.32. The highest BCUT2D eigenvalue weighted by atomic mass is 16.5. The third-order valence-electron chi connectivity index (χ3n) is 4.44. The van der Waals surface area contributed by atoms with Gasteiger partial charge in [-0.15, -0.1) is 0 Å². The number of aryl methyl sites for hydroxylation is 2. The maximum absolute atomic E-state index is 6.01. The molecule has 2 saturated carbocycles. The first-order chi connectivity index (χ1) is 10.1. The van der Waals surface area contributed by atoms with Gasteiger partial charge in [-0.2, -0.15) is 0 Å². The molecule has 3 rings (SSSR count). The van der Waals surface area contributed by atoms with Crippen molar-refractivity contribution in [3.8, 4) is 5.88 Å². The van der Waals surface area contributed by atoms with Crippen LogP contribution < -0.4 is 10.1 Å². The minimum Gasteiger partial charge on any atom is -0.476 e. The standard InChI is InChI=1S/C17H27N3O/c1-12-10-13(2)19-17(16(12)11-18-14-4-5-14)21-9-8-20(3)15-6-7-15/h10,14-15,18H,4-9,11H2,1-3H3. The first kappa shape index (κ1) is 14.8. The number of pyridine rings is 1. The van der Waals surface area contributed by atoms with Crippen LogP contribution in [0.4, 0.5) is 0 Å². The summed E-state index contributed by atoms with van der Waals surface area (Å²) in [7, 11) is 2.19. The maximum atomic E-state index is 6.01. The van der Waals surface area contributed by atoms with Crippen LogP contribution in [0.3, 0.4) is 0 Å². The number of ether oxygens (including phenoxy) is 1. The van der Waals surface area contributed by atoms with Crippen LogP contribution >= 0.6 is 0 Å². The van der Waals surface area contributed by atoms with Crippen LogP contribution in [0.2, 0.25) is 0 Å². The predicted octanol–water partition coefficient (Wildman–Crippen LogP) is 2.42. The molecule has 0 atom stereocenters. The summed E-state index contributed by atoms with van der Waals surface area (Å²) in [6, 6.07) is 3.64. The van der Waals surface area contributed by atoms with Gasteiger partial charge in [-0.3, -0.25) is 0 Å². The Morgan fingerprint density at radius 1 is 1.29 bits per heavy atom. The molecule has 21 heavy (non-hydrogen) atoms. The minimum absolute atomic E-state index is 0.708. The van der Waals surface area contributed by atoms with Crippen LogP contribution in [-0.2, 0) is 6.54 Å². The quantitative estimate of drug-likeness (QED) is 0.797. The number of likely N-dealkylation sites (N-methyl/N-ethyl adjacent to an activating group) is 1. The highest BCUT2D eigenvalue weighted by Gasteiger charge is 2.26. The lowest BCUT2D eigenvalue weighted by Gasteiger charge is -2.18. The Kier molecular flexibility index (Phi) is 4.45. The first-order valence-electron chi connectivity index (χ1n) is 8.17. The van der Waals surface area contributed by atoms with Gasteiger partial charge in [-0.25, -0.2) is 4.98 Å². The van der Waals surface area contributed by atoms with Crippen molar-refractivity contribution in [1.82, 2.24) is 15.2 Å². The number of rotatable bonds is 8. The van der Waals surface area contributed by atoms with Crippen molar-refractivity contribution in [3.05, 3.63) is 22.9 Å². The molecular formula is C17H27N3O. The predicted molar refractivity (Wildman–Crippen MR) is 84.7 cm³/mol. The molecule has 2 fully saturated rings. The number of aromatic nitrogens is 1. The third-order valence-corrected chi connectivity index (χ3v) is 4.44. The Balaban J connectivity index is 1.60. The van der Waals surface area contributed by atoms with E-state index in [2.05, 4.69) is 35.2 Å². The van der Waals surface area contributed by atoms with Crippen molar-refractivity contribution in [2.45, 2.75) is 58.2 Å². The summed E-state index contributed by atoms with van der Waals surface area (Å²) < 4.78 is 6.01. The average Bonchev–Trinajstić information content (AvgIpc) is 3.29. The molecule has 4 heteroatoms. The molecule has 2 aliphatic carbocycles. The van der Waals surface area contributed by atoms with E-state index >= 15 is 0 Å². The Labute approximate surface area is 127 Å². The molecule has 0 bridgehead atoms. The fourth-order valence-electron chi connectivity index (χ4n) is 2.68. The van der Waals surface area contributed by atoms with Gasteiger partial charge in [-0.05, 0) is 58.2 Å². The molecule has 0 radical (unpaired) electrons. The van der Waals surface area contributed by atoms with Gasteiger partial charge in [0, 0.05) is 36.4 Å². The zero-order valence-electron chi connectivity index (χ0n) is 13.5. The Morgan fingerprint density at radius 2 is 2.05 bits per heavy atom. The van der Waals surface area contributed by atoms with E-state index in [1.165, 1.54) is 36.8 Å². The summed E-state index contributed by atoms with van der Waals surface area (Å²) in [5.74, 6) is 0.824. The molecule has 1 N–H and O–H groups in total. The molecule has 0 aliphatic heterocycles. The molecule has 1 aromatic heterocycles. The van der Waals surface area contributed by atoms with E-state index in [1.807, 2.05) is 6.92 Å². The summed E-state index contributed by atoms with van der Waals surface area (Å²) in [6.45, 7) is 6.77. The van der Waals surface area contributed by atoms with Crippen LogP contribution in [0.5, 0.6) is 5.88 Å². The van der Waals surface area contributed by atoms with Gasteiger partial charge in [0.15, 0.2) is 0 Å². The number of hydrogen-bond acceptors (Lipinski definition) is 4. The van der Waals surface area contributed by atoms with E-state index in [0.29, 0.717) is 6.04 Å². The summed E-state index contributed by atoms with van der Waals surface area (Å²) in [4.78, 5) is 7.00. The maximum Gasteiger partial charge on any atom is 0.218 e. The Morgan fingerprint density at radius 3 is 2.71 bits per heavy atom. The number of nitrogens with one attached hydrogen (secondary N) is 1. The van der Waals surface area contributed by atoms with Crippen LogP contribution in [-0.4, -0.2) is 42.2 Å². The van der Waals surface area contributed by atoms with Gasteiger partial charge < -0.3 is 15.0 Å². The van der Waals surface area contributed by atoms with Crippen LogP contribution in [0.25, 0.3) is 0 Å². The highest BCUT2D eigenvalue weighted by molar-refractivity contribution is 5.36. The van der Waals surface area contributed by atoms with Crippen molar-refractivity contribution < 1.29 is 4.74 Å². The van der Waals surface area contributed by atoms with Gasteiger partial charge in [0.2, 0.25) is 5.88 Å². The molecule has 2 aliphatic rings. The van der Waals surface area contributed by atoms with Crippen molar-refractivity contribution in [3.63, 3.8) is 0 Å².